The largest absolute Gasteiger partial charge is 0.478 e. The fourth-order valence-electron chi connectivity index (χ4n) is 1.92. The van der Waals surface area contributed by atoms with Crippen molar-refractivity contribution in [2.24, 2.45) is 0 Å². The van der Waals surface area contributed by atoms with Crippen LogP contribution in [0.4, 0.5) is 0 Å². The van der Waals surface area contributed by atoms with Crippen molar-refractivity contribution >= 4 is 11.8 Å². The lowest BCUT2D eigenvalue weighted by molar-refractivity contribution is 0.0696. The van der Waals surface area contributed by atoms with Gasteiger partial charge in [-0.1, -0.05) is 6.07 Å². The summed E-state index contributed by atoms with van der Waals surface area (Å²) in [7, 11) is 0. The molecule has 0 aliphatic heterocycles. The molecule has 19 heavy (non-hydrogen) atoms. The SMILES string of the molecule is CC(=O)c1c(C)[nH]n(-c2cccc(C(=O)O)c2)c1=O. The number of hydrogen-bond donors (Lipinski definition) is 2. The van der Waals surface area contributed by atoms with Crippen molar-refractivity contribution in [3.05, 3.63) is 51.4 Å². The van der Waals surface area contributed by atoms with E-state index in [1.165, 1.54) is 29.8 Å². The number of Topliss-reactive ketones (excluding diaryl/α,β-unsaturated/α-hetero) is 1. The number of H-pyrrole nitrogens is 1. The van der Waals surface area contributed by atoms with E-state index in [4.69, 9.17) is 5.11 Å². The van der Waals surface area contributed by atoms with Crippen LogP contribution in [0.1, 0.15) is 33.3 Å². The molecule has 0 saturated carbocycles. The number of aromatic nitrogens is 2. The first-order valence-electron chi connectivity index (χ1n) is 5.58. The Kier molecular flexibility index (Phi) is 3.08. The molecule has 1 heterocycles. The molecule has 98 valence electrons. The van der Waals surface area contributed by atoms with Gasteiger partial charge in [0, 0.05) is 5.69 Å². The van der Waals surface area contributed by atoms with Crippen LogP contribution in [0.2, 0.25) is 0 Å². The molecule has 0 spiro atoms. The molecular formula is C13H12N2O4. The van der Waals surface area contributed by atoms with Crippen molar-refractivity contribution in [1.82, 2.24) is 9.78 Å². The van der Waals surface area contributed by atoms with Crippen LogP contribution in [0.5, 0.6) is 0 Å². The Bertz CT molecular complexity index is 724. The number of ketones is 1. The van der Waals surface area contributed by atoms with Crippen molar-refractivity contribution in [2.45, 2.75) is 13.8 Å². The third kappa shape index (κ3) is 2.20. The van der Waals surface area contributed by atoms with Gasteiger partial charge in [0.15, 0.2) is 5.78 Å². The molecule has 0 unspecified atom stereocenters. The van der Waals surface area contributed by atoms with E-state index in [0.717, 1.165) is 0 Å². The van der Waals surface area contributed by atoms with Gasteiger partial charge < -0.3 is 5.11 Å². The summed E-state index contributed by atoms with van der Waals surface area (Å²) in [5.41, 5.74) is 0.507. The molecule has 0 fully saturated rings. The van der Waals surface area contributed by atoms with E-state index in [9.17, 15) is 14.4 Å². The highest BCUT2D eigenvalue weighted by Gasteiger charge is 2.16. The van der Waals surface area contributed by atoms with E-state index in [-0.39, 0.29) is 16.9 Å². The van der Waals surface area contributed by atoms with Crippen LogP contribution in [0.25, 0.3) is 5.69 Å². The van der Waals surface area contributed by atoms with Crippen molar-refractivity contribution in [3.8, 4) is 5.69 Å². The number of carbonyl (C=O) groups excluding carboxylic acids is 1. The second kappa shape index (κ2) is 4.56. The van der Waals surface area contributed by atoms with Gasteiger partial charge in [0.2, 0.25) is 0 Å². The van der Waals surface area contributed by atoms with Crippen molar-refractivity contribution in [3.63, 3.8) is 0 Å². The van der Waals surface area contributed by atoms with Crippen LogP contribution < -0.4 is 5.56 Å². The van der Waals surface area contributed by atoms with Crippen LogP contribution in [0.15, 0.2) is 29.1 Å². The van der Waals surface area contributed by atoms with Crippen LogP contribution >= 0.6 is 0 Å². The van der Waals surface area contributed by atoms with Crippen molar-refractivity contribution < 1.29 is 14.7 Å². The lowest BCUT2D eigenvalue weighted by atomic mass is 10.2. The molecule has 1 aromatic carbocycles. The molecule has 0 aliphatic carbocycles. The number of aromatic carboxylic acids is 1. The molecule has 0 aliphatic rings. The third-order valence-electron chi connectivity index (χ3n) is 2.77. The quantitative estimate of drug-likeness (QED) is 0.815. The molecular weight excluding hydrogens is 248 g/mol. The molecule has 6 nitrogen and oxygen atoms in total. The molecule has 0 amide bonds. The van der Waals surface area contributed by atoms with E-state index in [1.54, 1.807) is 13.0 Å². The van der Waals surface area contributed by atoms with Gasteiger partial charge in [-0.05, 0) is 32.0 Å². The summed E-state index contributed by atoms with van der Waals surface area (Å²) in [6.45, 7) is 2.94. The molecule has 2 aromatic rings. The van der Waals surface area contributed by atoms with Gasteiger partial charge in [0.05, 0.1) is 11.3 Å². The Labute approximate surface area is 108 Å². The summed E-state index contributed by atoms with van der Waals surface area (Å²) < 4.78 is 1.17. The van der Waals surface area contributed by atoms with Crippen LogP contribution in [0, 0.1) is 6.92 Å². The smallest absolute Gasteiger partial charge is 0.335 e. The number of aromatic amines is 1. The molecule has 2 N–H and O–H groups in total. The molecule has 0 saturated heterocycles. The topological polar surface area (TPSA) is 92.2 Å². The Balaban J connectivity index is 2.63. The molecule has 6 heteroatoms. The Hall–Kier alpha value is -2.63. The number of rotatable bonds is 3. The summed E-state index contributed by atoms with van der Waals surface area (Å²) in [5.74, 6) is -1.41. The van der Waals surface area contributed by atoms with Gasteiger partial charge in [-0.15, -0.1) is 0 Å². The molecule has 0 atom stereocenters. The number of carboxylic acids is 1. The van der Waals surface area contributed by atoms with Crippen molar-refractivity contribution in [2.75, 3.05) is 0 Å². The lowest BCUT2D eigenvalue weighted by Crippen LogP contribution is -2.19. The van der Waals surface area contributed by atoms with Gasteiger partial charge >= 0.3 is 5.97 Å². The standard InChI is InChI=1S/C13H12N2O4/c1-7-11(8(2)16)12(17)15(14-7)10-5-3-4-9(6-10)13(18)19/h3-6,14H,1-2H3,(H,18,19). The minimum Gasteiger partial charge on any atom is -0.478 e. The molecule has 0 radical (unpaired) electrons. The summed E-state index contributed by atoms with van der Waals surface area (Å²) in [6.07, 6.45) is 0. The summed E-state index contributed by atoms with van der Waals surface area (Å²) in [6, 6.07) is 5.92. The first-order chi connectivity index (χ1) is 8.91. The van der Waals surface area contributed by atoms with Crippen molar-refractivity contribution in [1.29, 1.82) is 0 Å². The minimum atomic E-state index is -1.08. The first kappa shape index (κ1) is 12.8. The maximum Gasteiger partial charge on any atom is 0.335 e. The van der Waals surface area contributed by atoms with Crippen LogP contribution in [-0.2, 0) is 0 Å². The minimum absolute atomic E-state index is 0.0704. The van der Waals surface area contributed by atoms with Gasteiger partial charge in [-0.3, -0.25) is 14.7 Å². The predicted octanol–water partition coefficient (Wildman–Crippen LogP) is 1.37. The molecule has 0 bridgehead atoms. The maximum absolute atomic E-state index is 12.1. The van der Waals surface area contributed by atoms with E-state index in [1.807, 2.05) is 0 Å². The number of nitrogens with one attached hydrogen (secondary N) is 1. The number of nitrogens with zero attached hydrogens (tertiary/aromatic N) is 1. The molecule has 1 aromatic heterocycles. The Morgan fingerprint density at radius 3 is 2.53 bits per heavy atom. The number of carbonyl (C=O) groups is 2. The lowest BCUT2D eigenvalue weighted by Gasteiger charge is -2.02. The normalized spacial score (nSPS) is 10.4. The van der Waals surface area contributed by atoms with E-state index < -0.39 is 11.5 Å². The Morgan fingerprint density at radius 1 is 1.32 bits per heavy atom. The first-order valence-corrected chi connectivity index (χ1v) is 5.58. The zero-order chi connectivity index (χ0) is 14.2. The number of benzene rings is 1. The maximum atomic E-state index is 12.1. The van der Waals surface area contributed by atoms with Crippen LogP contribution in [-0.4, -0.2) is 26.6 Å². The van der Waals surface area contributed by atoms with Gasteiger partial charge in [-0.25, -0.2) is 9.48 Å². The number of hydrogen-bond acceptors (Lipinski definition) is 3. The molecule has 2 rings (SSSR count). The zero-order valence-corrected chi connectivity index (χ0v) is 10.4. The second-order valence-electron chi connectivity index (χ2n) is 4.16. The summed E-state index contributed by atoms with van der Waals surface area (Å²) >= 11 is 0. The van der Waals surface area contributed by atoms with Gasteiger partial charge in [0.1, 0.15) is 5.56 Å². The third-order valence-corrected chi connectivity index (χ3v) is 2.77. The average molecular weight is 260 g/mol. The highest BCUT2D eigenvalue weighted by molar-refractivity contribution is 5.95. The monoisotopic (exact) mass is 260 g/mol. The van der Waals surface area contributed by atoms with E-state index in [2.05, 4.69) is 5.10 Å². The predicted molar refractivity (Wildman–Crippen MR) is 68.1 cm³/mol. The average Bonchev–Trinajstić information content (AvgIpc) is 2.65. The number of carboxylic acid groups (broad SMARTS) is 1. The summed E-state index contributed by atoms with van der Waals surface area (Å²) in [4.78, 5) is 34.4. The Morgan fingerprint density at radius 2 is 2.00 bits per heavy atom. The fraction of sp³-hybridized carbons (Fsp3) is 0.154. The highest BCUT2D eigenvalue weighted by Crippen LogP contribution is 2.10. The highest BCUT2D eigenvalue weighted by atomic mass is 16.4. The number of aryl methyl sites for hydroxylation is 1. The van der Waals surface area contributed by atoms with E-state index in [0.29, 0.717) is 11.4 Å². The second-order valence-corrected chi connectivity index (χ2v) is 4.16. The van der Waals surface area contributed by atoms with Gasteiger partial charge in [-0.2, -0.15) is 0 Å². The summed E-state index contributed by atoms with van der Waals surface area (Å²) in [5, 5.41) is 11.7. The van der Waals surface area contributed by atoms with E-state index >= 15 is 0 Å². The zero-order valence-electron chi connectivity index (χ0n) is 10.4. The fourth-order valence-corrected chi connectivity index (χ4v) is 1.92. The van der Waals surface area contributed by atoms with Crippen LogP contribution in [0.3, 0.4) is 0 Å². The van der Waals surface area contributed by atoms with Gasteiger partial charge in [0.25, 0.3) is 5.56 Å².